The van der Waals surface area contributed by atoms with Crippen molar-refractivity contribution in [2.75, 3.05) is 19.8 Å². The highest BCUT2D eigenvalue weighted by molar-refractivity contribution is 5.76. The van der Waals surface area contributed by atoms with Crippen molar-refractivity contribution < 1.29 is 50.0 Å². The van der Waals surface area contributed by atoms with Gasteiger partial charge in [-0.1, -0.05) is 129 Å². The van der Waals surface area contributed by atoms with E-state index in [1.807, 2.05) is 0 Å². The summed E-state index contributed by atoms with van der Waals surface area (Å²) in [6.45, 7) is 1.56. The largest absolute Gasteiger partial charge is 0.396 e. The van der Waals surface area contributed by atoms with Gasteiger partial charge in [0.1, 0.15) is 30.5 Å². The van der Waals surface area contributed by atoms with Crippen molar-refractivity contribution in [3.05, 3.63) is 0 Å². The molecule has 1 fully saturated rings. The number of carbonyl (C=O) groups is 1. The zero-order valence-electron chi connectivity index (χ0n) is 29.4. The summed E-state index contributed by atoms with van der Waals surface area (Å²) in [5, 5.41) is 73.5. The maximum absolute atomic E-state index is 12.8. The molecule has 8 N–H and O–H groups in total. The molecular formula is C36H71NO10. The lowest BCUT2D eigenvalue weighted by atomic mass is 9.98. The van der Waals surface area contributed by atoms with E-state index in [0.717, 1.165) is 77.0 Å². The number of unbranched alkanes of at least 4 members (excludes halogenated alkanes) is 19. The lowest BCUT2D eigenvalue weighted by Crippen LogP contribution is -2.60. The molecule has 1 aliphatic rings. The predicted molar refractivity (Wildman–Crippen MR) is 183 cm³/mol. The summed E-state index contributed by atoms with van der Waals surface area (Å²) < 4.78 is 11.1. The van der Waals surface area contributed by atoms with Gasteiger partial charge in [0.25, 0.3) is 0 Å². The van der Waals surface area contributed by atoms with E-state index >= 15 is 0 Å². The zero-order valence-corrected chi connectivity index (χ0v) is 29.4. The molecule has 0 aromatic heterocycles. The van der Waals surface area contributed by atoms with Crippen LogP contribution in [0.15, 0.2) is 0 Å². The molecule has 0 aromatic carbocycles. The summed E-state index contributed by atoms with van der Waals surface area (Å²) in [5.74, 6) is -0.284. The van der Waals surface area contributed by atoms with Crippen LogP contribution >= 0.6 is 0 Å². The Bertz CT molecular complexity index is 730. The summed E-state index contributed by atoms with van der Waals surface area (Å²) in [6.07, 6.45) is 14.2. The highest BCUT2D eigenvalue weighted by Crippen LogP contribution is 2.23. The molecule has 1 heterocycles. The molecule has 0 unspecified atom stereocenters. The third kappa shape index (κ3) is 20.4. The van der Waals surface area contributed by atoms with Gasteiger partial charge in [-0.05, 0) is 19.3 Å². The van der Waals surface area contributed by atoms with Gasteiger partial charge in [0.15, 0.2) is 6.29 Å². The molecule has 11 nitrogen and oxygen atoms in total. The van der Waals surface area contributed by atoms with Crippen LogP contribution in [0.25, 0.3) is 0 Å². The zero-order chi connectivity index (χ0) is 34.7. The first-order valence-corrected chi connectivity index (χ1v) is 18.9. The molecule has 11 heteroatoms. The fourth-order valence-corrected chi connectivity index (χ4v) is 6.18. The van der Waals surface area contributed by atoms with E-state index in [0.29, 0.717) is 12.8 Å². The van der Waals surface area contributed by atoms with Crippen molar-refractivity contribution in [2.24, 2.45) is 0 Å². The van der Waals surface area contributed by atoms with Crippen LogP contribution in [-0.4, -0.2) is 110 Å². The minimum absolute atomic E-state index is 0.248. The van der Waals surface area contributed by atoms with E-state index in [1.54, 1.807) is 0 Å². The van der Waals surface area contributed by atoms with Crippen molar-refractivity contribution in [1.82, 2.24) is 5.32 Å². The first kappa shape index (κ1) is 44.1. The fourth-order valence-electron chi connectivity index (χ4n) is 6.18. The Morgan fingerprint density at radius 3 is 1.68 bits per heavy atom. The first-order valence-electron chi connectivity index (χ1n) is 18.9. The van der Waals surface area contributed by atoms with Crippen molar-refractivity contribution in [3.63, 3.8) is 0 Å². The predicted octanol–water partition coefficient (Wildman–Crippen LogP) is 3.99. The van der Waals surface area contributed by atoms with Crippen molar-refractivity contribution in [2.45, 2.75) is 204 Å². The molecule has 0 saturated carbocycles. The van der Waals surface area contributed by atoms with Crippen LogP contribution in [0.5, 0.6) is 0 Å². The maximum atomic E-state index is 12.8. The minimum atomic E-state index is -1.61. The molecule has 280 valence electrons. The molecule has 47 heavy (non-hydrogen) atoms. The monoisotopic (exact) mass is 678 g/mol. The second-order valence-corrected chi connectivity index (χ2v) is 13.6. The van der Waals surface area contributed by atoms with Crippen LogP contribution in [0.2, 0.25) is 0 Å². The van der Waals surface area contributed by atoms with Crippen LogP contribution in [0.1, 0.15) is 155 Å². The average molecular weight is 678 g/mol. The Labute approximate surface area is 284 Å². The number of hydrogen-bond donors (Lipinski definition) is 8. The summed E-state index contributed by atoms with van der Waals surface area (Å²) in [4.78, 5) is 12.8. The Hall–Kier alpha value is -0.890. The summed E-state index contributed by atoms with van der Waals surface area (Å²) >= 11 is 0. The Morgan fingerprint density at radius 1 is 0.681 bits per heavy atom. The quantitative estimate of drug-likeness (QED) is 0.0498. The SMILES string of the molecule is CCCCCCCCCCCCCC[C@@H](O)[C@@H](O)[C@H](CO[C@H]1O[C@H](CO)[C@H](O)[C@H](O)[C@H]1O)NC(=O)CCCCCCCCCCCO. The molecule has 1 aliphatic heterocycles. The molecule has 0 aliphatic carbocycles. The van der Waals surface area contributed by atoms with Gasteiger partial charge >= 0.3 is 0 Å². The molecule has 0 bridgehead atoms. The van der Waals surface area contributed by atoms with E-state index in [1.165, 1.54) is 51.4 Å². The summed E-state index contributed by atoms with van der Waals surface area (Å²) in [6, 6.07) is -0.999. The highest BCUT2D eigenvalue weighted by atomic mass is 16.7. The third-order valence-corrected chi connectivity index (χ3v) is 9.36. The van der Waals surface area contributed by atoms with Gasteiger partial charge in [-0.15, -0.1) is 0 Å². The van der Waals surface area contributed by atoms with Gasteiger partial charge in [-0.25, -0.2) is 0 Å². The molecule has 1 amide bonds. The molecule has 0 aromatic rings. The number of nitrogens with one attached hydrogen (secondary N) is 1. The standard InChI is InChI=1S/C36H71NO10/c1-2-3-4-5-6-7-8-9-11-14-17-20-23-29(40)32(42)28(27-46-36-35(45)34(44)33(43)30(26-39)47-36)37-31(41)24-21-18-15-12-10-13-16-19-22-25-38/h28-30,32-36,38-40,42-45H,2-27H2,1H3,(H,37,41)/t28-,29+,30+,32-,33-,34-,35+,36-/m0/s1. The molecular weight excluding hydrogens is 606 g/mol. The number of rotatable bonds is 31. The van der Waals surface area contributed by atoms with Gasteiger partial charge < -0.3 is 50.5 Å². The first-order chi connectivity index (χ1) is 22.8. The van der Waals surface area contributed by atoms with E-state index in [-0.39, 0.29) is 25.5 Å². The fraction of sp³-hybridized carbons (Fsp3) is 0.972. The number of aliphatic hydroxyl groups excluding tert-OH is 7. The molecule has 0 spiro atoms. The lowest BCUT2D eigenvalue weighted by molar-refractivity contribution is -0.303. The highest BCUT2D eigenvalue weighted by Gasteiger charge is 2.44. The average Bonchev–Trinajstić information content (AvgIpc) is 3.07. The van der Waals surface area contributed by atoms with Crippen molar-refractivity contribution >= 4 is 5.91 Å². The van der Waals surface area contributed by atoms with Crippen LogP contribution in [0.3, 0.4) is 0 Å². The Morgan fingerprint density at radius 2 is 1.17 bits per heavy atom. The third-order valence-electron chi connectivity index (χ3n) is 9.36. The number of carbonyl (C=O) groups excluding carboxylic acids is 1. The smallest absolute Gasteiger partial charge is 0.220 e. The molecule has 1 saturated heterocycles. The van der Waals surface area contributed by atoms with Crippen LogP contribution in [0, 0.1) is 0 Å². The number of amides is 1. The topological polar surface area (TPSA) is 189 Å². The van der Waals surface area contributed by atoms with Gasteiger partial charge in [-0.3, -0.25) is 4.79 Å². The van der Waals surface area contributed by atoms with E-state index in [4.69, 9.17) is 14.6 Å². The van der Waals surface area contributed by atoms with Crippen molar-refractivity contribution in [1.29, 1.82) is 0 Å². The lowest BCUT2D eigenvalue weighted by Gasteiger charge is -2.40. The molecule has 0 radical (unpaired) electrons. The van der Waals surface area contributed by atoms with Crippen LogP contribution < -0.4 is 5.32 Å². The minimum Gasteiger partial charge on any atom is -0.396 e. The van der Waals surface area contributed by atoms with E-state index in [2.05, 4.69) is 12.2 Å². The van der Waals surface area contributed by atoms with Gasteiger partial charge in [0.2, 0.25) is 5.91 Å². The van der Waals surface area contributed by atoms with Crippen molar-refractivity contribution in [3.8, 4) is 0 Å². The summed E-state index contributed by atoms with van der Waals surface area (Å²) in [5.41, 5.74) is 0. The Balaban J connectivity index is 2.50. The van der Waals surface area contributed by atoms with Gasteiger partial charge in [0, 0.05) is 13.0 Å². The van der Waals surface area contributed by atoms with Gasteiger partial charge in [0.05, 0.1) is 25.4 Å². The second-order valence-electron chi connectivity index (χ2n) is 13.6. The second kappa shape index (κ2) is 28.9. The molecule has 8 atom stereocenters. The van der Waals surface area contributed by atoms with E-state index < -0.39 is 55.6 Å². The Kier molecular flexibility index (Phi) is 27.1. The maximum Gasteiger partial charge on any atom is 0.220 e. The van der Waals surface area contributed by atoms with E-state index in [9.17, 15) is 35.4 Å². The number of hydrogen-bond acceptors (Lipinski definition) is 10. The van der Waals surface area contributed by atoms with Crippen LogP contribution in [-0.2, 0) is 14.3 Å². The normalized spacial score (nSPS) is 23.4. The number of aliphatic hydroxyl groups is 7. The molecule has 1 rings (SSSR count). The summed E-state index contributed by atoms with van der Waals surface area (Å²) in [7, 11) is 0. The van der Waals surface area contributed by atoms with Gasteiger partial charge in [-0.2, -0.15) is 0 Å². The number of ether oxygens (including phenoxy) is 2. The van der Waals surface area contributed by atoms with Crippen LogP contribution in [0.4, 0.5) is 0 Å².